The highest BCUT2D eigenvalue weighted by molar-refractivity contribution is 4.57. The van der Waals surface area contributed by atoms with Gasteiger partial charge in [-0.25, -0.2) is 0 Å². The minimum Gasteiger partial charge on any atom is -0.636 e. The maximum Gasteiger partial charge on any atom is 0.0856 e. The van der Waals surface area contributed by atoms with Crippen molar-refractivity contribution in [2.75, 3.05) is 0 Å². The van der Waals surface area contributed by atoms with E-state index in [4.69, 9.17) is 0 Å². The van der Waals surface area contributed by atoms with Gasteiger partial charge in [0.15, 0.2) is 0 Å². The van der Waals surface area contributed by atoms with Gasteiger partial charge in [-0.2, -0.15) is 0 Å². The Morgan fingerprint density at radius 2 is 0.952 bits per heavy atom. The smallest absolute Gasteiger partial charge is 0.0856 e. The molecule has 21 heavy (non-hydrogen) atoms. The van der Waals surface area contributed by atoms with Crippen molar-refractivity contribution in [1.29, 1.82) is 0 Å². The maximum atomic E-state index is 11.0. The Morgan fingerprint density at radius 3 is 1.29 bits per heavy atom. The molecule has 0 fully saturated rings. The molecule has 0 aromatic heterocycles. The van der Waals surface area contributed by atoms with Crippen LogP contribution in [-0.2, 0) is 0 Å². The van der Waals surface area contributed by atoms with Gasteiger partial charge in [0.1, 0.15) is 0 Å². The summed E-state index contributed by atoms with van der Waals surface area (Å²) in [6.07, 6.45) is 18.2. The molecule has 0 aliphatic rings. The van der Waals surface area contributed by atoms with E-state index in [0.717, 1.165) is 12.8 Å². The highest BCUT2D eigenvalue weighted by atomic mass is 16.5. The molecule has 0 atom stereocenters. The van der Waals surface area contributed by atoms with E-state index in [1.54, 1.807) is 0 Å². The molecule has 4 heteroatoms. The quantitative estimate of drug-likeness (QED) is 0.364. The van der Waals surface area contributed by atoms with Crippen LogP contribution in [0.4, 0.5) is 0 Å². The molecule has 0 aliphatic carbocycles. The van der Waals surface area contributed by atoms with Crippen LogP contribution in [0.2, 0.25) is 0 Å². The van der Waals surface area contributed by atoms with Gasteiger partial charge in [-0.1, -0.05) is 78.1 Å². The molecular weight excluding hydrogens is 266 g/mol. The summed E-state index contributed by atoms with van der Waals surface area (Å²) in [7, 11) is 0. The zero-order valence-corrected chi connectivity index (χ0v) is 14.5. The Morgan fingerprint density at radius 1 is 0.619 bits per heavy atom. The lowest BCUT2D eigenvalue weighted by Gasteiger charge is -2.17. The van der Waals surface area contributed by atoms with Crippen molar-refractivity contribution >= 4 is 0 Å². The van der Waals surface area contributed by atoms with Gasteiger partial charge in [-0.05, 0) is 25.7 Å². The fourth-order valence-corrected chi connectivity index (χ4v) is 2.65. The monoisotopic (exact) mass is 307 g/mol. The van der Waals surface area contributed by atoms with E-state index in [-0.39, 0.29) is 11.0 Å². The first-order valence-corrected chi connectivity index (χ1v) is 8.80. The van der Waals surface area contributed by atoms with Gasteiger partial charge < -0.3 is 21.6 Å². The highest BCUT2D eigenvalue weighted by Crippen LogP contribution is 2.12. The second-order valence-electron chi connectivity index (χ2n) is 6.01. The molecule has 0 rings (SSSR count). The molecule has 0 saturated heterocycles. The van der Waals surface area contributed by atoms with Crippen molar-refractivity contribution in [3.8, 4) is 0 Å². The SMILES string of the molecule is CCCCCCCCC(CCCCCCCC)[NH2+][O-].O.O. The molecule has 0 spiro atoms. The van der Waals surface area contributed by atoms with Crippen LogP contribution in [0.5, 0.6) is 0 Å². The molecule has 0 heterocycles. The number of quaternary nitrogens is 1. The van der Waals surface area contributed by atoms with Gasteiger partial charge in [0.05, 0.1) is 6.04 Å². The molecule has 4 nitrogen and oxygen atoms in total. The van der Waals surface area contributed by atoms with Crippen molar-refractivity contribution in [2.24, 2.45) is 0 Å². The number of nitrogens with two attached hydrogens (primary N) is 1. The summed E-state index contributed by atoms with van der Waals surface area (Å²) >= 11 is 0. The molecule has 0 saturated carbocycles. The Labute approximate surface area is 132 Å². The first-order chi connectivity index (χ1) is 9.35. The summed E-state index contributed by atoms with van der Waals surface area (Å²) in [5.41, 5.74) is 1.21. The predicted octanol–water partition coefficient (Wildman–Crippen LogP) is 3.27. The lowest BCUT2D eigenvalue weighted by Crippen LogP contribution is -2.84. The summed E-state index contributed by atoms with van der Waals surface area (Å²) in [6.45, 7) is 4.51. The second kappa shape index (κ2) is 22.1. The van der Waals surface area contributed by atoms with E-state index in [9.17, 15) is 5.21 Å². The zero-order chi connectivity index (χ0) is 14.2. The van der Waals surface area contributed by atoms with Crippen molar-refractivity contribution in [3.63, 3.8) is 0 Å². The van der Waals surface area contributed by atoms with Crippen LogP contribution in [0.1, 0.15) is 104 Å². The largest absolute Gasteiger partial charge is 0.636 e. The van der Waals surface area contributed by atoms with Gasteiger partial charge in [0.2, 0.25) is 0 Å². The average Bonchev–Trinajstić information content (AvgIpc) is 2.44. The second-order valence-corrected chi connectivity index (χ2v) is 6.01. The van der Waals surface area contributed by atoms with Crippen LogP contribution < -0.4 is 5.48 Å². The topological polar surface area (TPSA) is 103 Å². The number of hydroxylamine groups is 1. The molecule has 0 bridgehead atoms. The first-order valence-electron chi connectivity index (χ1n) is 8.80. The molecule has 132 valence electrons. The van der Waals surface area contributed by atoms with E-state index in [2.05, 4.69) is 13.8 Å². The number of rotatable bonds is 15. The van der Waals surface area contributed by atoms with Crippen LogP contribution in [-0.4, -0.2) is 17.0 Å². The Kier molecular flexibility index (Phi) is 27.2. The van der Waals surface area contributed by atoms with E-state index in [1.165, 1.54) is 82.5 Å². The summed E-state index contributed by atoms with van der Waals surface area (Å²) < 4.78 is 0. The lowest BCUT2D eigenvalue weighted by molar-refractivity contribution is -0.629. The fraction of sp³-hybridized carbons (Fsp3) is 1.00. The molecule has 0 aliphatic heterocycles. The lowest BCUT2D eigenvalue weighted by atomic mass is 10.0. The first kappa shape index (κ1) is 25.8. The van der Waals surface area contributed by atoms with E-state index in [1.807, 2.05) is 0 Å². The average molecular weight is 308 g/mol. The normalized spacial score (nSPS) is 10.3. The van der Waals surface area contributed by atoms with E-state index in [0.29, 0.717) is 6.04 Å². The predicted molar refractivity (Wildman–Crippen MR) is 92.3 cm³/mol. The van der Waals surface area contributed by atoms with Crippen molar-refractivity contribution in [2.45, 2.75) is 110 Å². The summed E-state index contributed by atoms with van der Waals surface area (Å²) in [6, 6.07) is 0.345. The molecule has 0 aromatic rings. The standard InChI is InChI=1S/C17H37NO.2H2O/c1-3-5-7-9-11-13-15-17(18-19)16-14-12-10-8-6-4-2;;/h17H,3-16,18H2,1-2H3;2*1H2. The van der Waals surface area contributed by atoms with Crippen LogP contribution in [0.15, 0.2) is 0 Å². The van der Waals surface area contributed by atoms with Gasteiger partial charge >= 0.3 is 0 Å². The van der Waals surface area contributed by atoms with Gasteiger partial charge in [0.25, 0.3) is 0 Å². The number of hydrogen-bond donors (Lipinski definition) is 1. The third-order valence-electron chi connectivity index (χ3n) is 4.05. The Balaban J connectivity index is -0.00000162. The zero-order valence-electron chi connectivity index (χ0n) is 14.5. The van der Waals surface area contributed by atoms with Crippen LogP contribution in [0.3, 0.4) is 0 Å². The third-order valence-corrected chi connectivity index (χ3v) is 4.05. The summed E-state index contributed by atoms with van der Waals surface area (Å²) in [4.78, 5) is 0. The minimum absolute atomic E-state index is 0. The Hall–Kier alpha value is -0.160. The highest BCUT2D eigenvalue weighted by Gasteiger charge is 2.07. The Bertz CT molecular complexity index is 152. The fourth-order valence-electron chi connectivity index (χ4n) is 2.65. The van der Waals surface area contributed by atoms with Crippen molar-refractivity contribution in [1.82, 2.24) is 0 Å². The molecule has 0 aromatic carbocycles. The van der Waals surface area contributed by atoms with Crippen molar-refractivity contribution in [3.05, 3.63) is 5.21 Å². The molecule has 6 N–H and O–H groups in total. The van der Waals surface area contributed by atoms with Crippen LogP contribution >= 0.6 is 0 Å². The van der Waals surface area contributed by atoms with Crippen molar-refractivity contribution < 1.29 is 16.4 Å². The third kappa shape index (κ3) is 19.8. The maximum absolute atomic E-state index is 11.0. The van der Waals surface area contributed by atoms with Gasteiger partial charge in [-0.3, -0.25) is 0 Å². The minimum atomic E-state index is 0. The number of unbranched alkanes of at least 4 members (excludes halogenated alkanes) is 10. The van der Waals surface area contributed by atoms with Gasteiger partial charge in [-0.15, -0.1) is 0 Å². The van der Waals surface area contributed by atoms with Crippen LogP contribution in [0.25, 0.3) is 0 Å². The number of hydrogen-bond acceptors (Lipinski definition) is 1. The molecule has 0 unspecified atom stereocenters. The summed E-state index contributed by atoms with van der Waals surface area (Å²) in [5.74, 6) is 0. The summed E-state index contributed by atoms with van der Waals surface area (Å²) in [5, 5.41) is 11.0. The van der Waals surface area contributed by atoms with E-state index >= 15 is 0 Å². The van der Waals surface area contributed by atoms with Crippen LogP contribution in [0, 0.1) is 5.21 Å². The van der Waals surface area contributed by atoms with E-state index < -0.39 is 0 Å². The van der Waals surface area contributed by atoms with Gasteiger partial charge in [0, 0.05) is 0 Å². The molecule has 0 amide bonds. The molecular formula is C17H41NO3. The molecule has 0 radical (unpaired) electrons.